The van der Waals surface area contributed by atoms with Crippen molar-refractivity contribution in [2.75, 3.05) is 0 Å². The van der Waals surface area contributed by atoms with Crippen LogP contribution in [-0.4, -0.2) is 11.1 Å². The summed E-state index contributed by atoms with van der Waals surface area (Å²) in [5.74, 6) is -0.833. The van der Waals surface area contributed by atoms with Crippen molar-refractivity contribution in [3.05, 3.63) is 114 Å². The molecule has 1 atom stereocenters. The summed E-state index contributed by atoms with van der Waals surface area (Å²) in [4.78, 5) is 13.7. The number of hydrogen-bond donors (Lipinski definition) is 1. The lowest BCUT2D eigenvalue weighted by atomic mass is 9.89. The molecule has 0 aliphatic carbocycles. The Morgan fingerprint density at radius 1 is 0.750 bits per heavy atom. The van der Waals surface area contributed by atoms with Gasteiger partial charge in [0.25, 0.3) is 0 Å². The van der Waals surface area contributed by atoms with Crippen LogP contribution in [0, 0.1) is 0 Å². The molecule has 2 nitrogen and oxygen atoms in total. The van der Waals surface area contributed by atoms with Gasteiger partial charge >= 0.3 is 5.97 Å². The SMILES string of the molecule is O=C(O)C(Cc1cccc2ccccc12)(Sc1ccccc1)c1ccccc1. The summed E-state index contributed by atoms with van der Waals surface area (Å²) < 4.78 is -1.12. The number of rotatable bonds is 6. The fraction of sp³-hybridized carbons (Fsp3) is 0.0800. The Morgan fingerprint density at radius 3 is 2.07 bits per heavy atom. The number of hydrogen-bond acceptors (Lipinski definition) is 2. The topological polar surface area (TPSA) is 37.3 Å². The number of aliphatic carboxylic acids is 1. The van der Waals surface area contributed by atoms with Crippen molar-refractivity contribution in [3.8, 4) is 0 Å². The zero-order valence-electron chi connectivity index (χ0n) is 15.3. The van der Waals surface area contributed by atoms with Crippen molar-refractivity contribution in [2.45, 2.75) is 16.1 Å². The molecule has 1 N–H and O–H groups in total. The summed E-state index contributed by atoms with van der Waals surface area (Å²) >= 11 is 1.40. The number of benzene rings is 4. The number of carboxylic acid groups (broad SMARTS) is 1. The van der Waals surface area contributed by atoms with Gasteiger partial charge in [0.2, 0.25) is 0 Å². The van der Waals surface area contributed by atoms with Gasteiger partial charge in [-0.3, -0.25) is 4.79 Å². The smallest absolute Gasteiger partial charge is 0.325 e. The van der Waals surface area contributed by atoms with E-state index in [4.69, 9.17) is 0 Å². The van der Waals surface area contributed by atoms with Gasteiger partial charge in [-0.15, -0.1) is 11.8 Å². The molecule has 28 heavy (non-hydrogen) atoms. The van der Waals surface area contributed by atoms with E-state index in [-0.39, 0.29) is 0 Å². The Kier molecular flexibility index (Phi) is 5.18. The minimum atomic E-state index is -1.12. The molecule has 0 aliphatic rings. The van der Waals surface area contributed by atoms with Crippen molar-refractivity contribution in [1.29, 1.82) is 0 Å². The van der Waals surface area contributed by atoms with Gasteiger partial charge in [-0.2, -0.15) is 0 Å². The van der Waals surface area contributed by atoms with Gasteiger partial charge in [0, 0.05) is 11.3 Å². The predicted octanol–water partition coefficient (Wildman–Crippen LogP) is 6.15. The number of fused-ring (bicyclic) bond motifs is 1. The molecule has 0 aliphatic heterocycles. The third kappa shape index (κ3) is 3.54. The summed E-state index contributed by atoms with van der Waals surface area (Å²) in [5, 5.41) is 12.7. The molecule has 0 bridgehead atoms. The number of carbonyl (C=O) groups is 1. The standard InChI is InChI=1S/C25H20O2S/c26-24(27)25(21-13-3-1-4-14-21,28-22-15-5-2-6-16-22)18-20-12-9-11-19-10-7-8-17-23(19)20/h1-17H,18H2,(H,26,27). The van der Waals surface area contributed by atoms with Crippen molar-refractivity contribution in [2.24, 2.45) is 0 Å². The molecule has 0 aromatic heterocycles. The monoisotopic (exact) mass is 384 g/mol. The largest absolute Gasteiger partial charge is 0.480 e. The van der Waals surface area contributed by atoms with Gasteiger partial charge in [0.05, 0.1) is 0 Å². The average Bonchev–Trinajstić information content (AvgIpc) is 2.74. The van der Waals surface area contributed by atoms with E-state index < -0.39 is 10.7 Å². The molecule has 138 valence electrons. The van der Waals surface area contributed by atoms with Crippen LogP contribution in [0.3, 0.4) is 0 Å². The summed E-state index contributed by atoms with van der Waals surface area (Å²) in [7, 11) is 0. The highest BCUT2D eigenvalue weighted by molar-refractivity contribution is 8.01. The quantitative estimate of drug-likeness (QED) is 0.405. The second-order valence-corrected chi connectivity index (χ2v) is 8.10. The van der Waals surface area contributed by atoms with Crippen LogP contribution in [0.4, 0.5) is 0 Å². The maximum atomic E-state index is 12.7. The highest BCUT2D eigenvalue weighted by atomic mass is 32.2. The minimum Gasteiger partial charge on any atom is -0.480 e. The van der Waals surface area contributed by atoms with E-state index in [1.807, 2.05) is 84.9 Å². The molecule has 1 unspecified atom stereocenters. The van der Waals surface area contributed by atoms with E-state index in [2.05, 4.69) is 18.2 Å². The third-order valence-corrected chi connectivity index (χ3v) is 6.35. The van der Waals surface area contributed by atoms with Crippen molar-refractivity contribution >= 4 is 28.5 Å². The van der Waals surface area contributed by atoms with Crippen molar-refractivity contribution < 1.29 is 9.90 Å². The highest BCUT2D eigenvalue weighted by Crippen LogP contribution is 2.45. The summed E-state index contributed by atoms with van der Waals surface area (Å²) in [6.45, 7) is 0. The molecule has 4 aromatic carbocycles. The second kappa shape index (κ2) is 7.91. The highest BCUT2D eigenvalue weighted by Gasteiger charge is 2.42. The van der Waals surface area contributed by atoms with Gasteiger partial charge in [-0.25, -0.2) is 0 Å². The predicted molar refractivity (Wildman–Crippen MR) is 116 cm³/mol. The van der Waals surface area contributed by atoms with E-state index in [0.717, 1.165) is 26.8 Å². The van der Waals surface area contributed by atoms with Crippen LogP contribution >= 0.6 is 11.8 Å². The van der Waals surface area contributed by atoms with Gasteiger partial charge in [-0.1, -0.05) is 91.0 Å². The lowest BCUT2D eigenvalue weighted by Crippen LogP contribution is -2.35. The van der Waals surface area contributed by atoms with Crippen LogP contribution in [0.25, 0.3) is 10.8 Å². The molecule has 0 radical (unpaired) electrons. The molecule has 0 spiro atoms. The maximum Gasteiger partial charge on any atom is 0.325 e. The van der Waals surface area contributed by atoms with E-state index in [0.29, 0.717) is 6.42 Å². The van der Waals surface area contributed by atoms with E-state index in [1.54, 1.807) is 0 Å². The first-order valence-corrected chi connectivity index (χ1v) is 10.0. The van der Waals surface area contributed by atoms with E-state index >= 15 is 0 Å². The van der Waals surface area contributed by atoms with Gasteiger partial charge < -0.3 is 5.11 Å². The first-order valence-electron chi connectivity index (χ1n) is 9.19. The van der Waals surface area contributed by atoms with Crippen LogP contribution in [0.2, 0.25) is 0 Å². The van der Waals surface area contributed by atoms with E-state index in [9.17, 15) is 9.90 Å². The molecule has 0 amide bonds. The molecule has 0 saturated heterocycles. The Hall–Kier alpha value is -3.04. The summed E-state index contributed by atoms with van der Waals surface area (Å²) in [5.41, 5.74) is 1.83. The molecule has 4 aromatic rings. The van der Waals surface area contributed by atoms with Crippen LogP contribution in [0.1, 0.15) is 11.1 Å². The third-order valence-electron chi connectivity index (χ3n) is 4.94. The van der Waals surface area contributed by atoms with Crippen LogP contribution in [0.5, 0.6) is 0 Å². The lowest BCUT2D eigenvalue weighted by molar-refractivity contribution is -0.140. The molecule has 4 rings (SSSR count). The Balaban J connectivity index is 1.88. The Labute approximate surface area is 168 Å². The molecular formula is C25H20O2S. The van der Waals surface area contributed by atoms with Crippen LogP contribution in [0.15, 0.2) is 108 Å². The van der Waals surface area contributed by atoms with Crippen molar-refractivity contribution in [3.63, 3.8) is 0 Å². The number of thioether (sulfide) groups is 1. The molecule has 3 heteroatoms. The first kappa shape index (κ1) is 18.3. The molecule has 0 fully saturated rings. The fourth-order valence-corrected chi connectivity index (χ4v) is 4.82. The molecular weight excluding hydrogens is 364 g/mol. The van der Waals surface area contributed by atoms with Gasteiger partial charge in [-0.05, 0) is 34.0 Å². The normalized spacial score (nSPS) is 13.1. The van der Waals surface area contributed by atoms with E-state index in [1.165, 1.54) is 11.8 Å². The maximum absolute atomic E-state index is 12.7. The van der Waals surface area contributed by atoms with Crippen LogP contribution < -0.4 is 0 Å². The first-order chi connectivity index (χ1) is 13.7. The van der Waals surface area contributed by atoms with Crippen LogP contribution in [-0.2, 0) is 16.0 Å². The molecule has 0 heterocycles. The Morgan fingerprint density at radius 2 is 1.36 bits per heavy atom. The zero-order chi connectivity index (χ0) is 19.4. The lowest BCUT2D eigenvalue weighted by Gasteiger charge is -2.30. The minimum absolute atomic E-state index is 0.396. The van der Waals surface area contributed by atoms with Crippen molar-refractivity contribution in [1.82, 2.24) is 0 Å². The number of carboxylic acids is 1. The zero-order valence-corrected chi connectivity index (χ0v) is 16.1. The second-order valence-electron chi connectivity index (χ2n) is 6.73. The average molecular weight is 385 g/mol. The molecule has 0 saturated carbocycles. The Bertz CT molecular complexity index is 1090. The fourth-order valence-electron chi connectivity index (χ4n) is 3.55. The summed E-state index contributed by atoms with van der Waals surface area (Å²) in [6.07, 6.45) is 0.396. The summed E-state index contributed by atoms with van der Waals surface area (Å²) in [6, 6.07) is 33.6. The van der Waals surface area contributed by atoms with Gasteiger partial charge in [0.15, 0.2) is 0 Å². The van der Waals surface area contributed by atoms with Gasteiger partial charge in [0.1, 0.15) is 4.75 Å².